The summed E-state index contributed by atoms with van der Waals surface area (Å²) >= 11 is 0. The first-order valence-corrected chi connectivity index (χ1v) is 5.75. The van der Waals surface area contributed by atoms with Gasteiger partial charge in [-0.3, -0.25) is 4.79 Å². The molecule has 16 heavy (non-hydrogen) atoms. The molecule has 0 heterocycles. The molecule has 0 aliphatic heterocycles. The van der Waals surface area contributed by atoms with Crippen LogP contribution in [0.4, 0.5) is 0 Å². The maximum atomic E-state index is 11.6. The molecule has 86 valence electrons. The molecule has 0 saturated heterocycles. The van der Waals surface area contributed by atoms with E-state index in [1.54, 1.807) is 6.08 Å². The van der Waals surface area contributed by atoms with Crippen LogP contribution in [-0.4, -0.2) is 5.78 Å². The molecule has 0 aliphatic carbocycles. The van der Waals surface area contributed by atoms with Crippen LogP contribution in [-0.2, 0) is 11.2 Å². The van der Waals surface area contributed by atoms with Gasteiger partial charge in [0.25, 0.3) is 0 Å². The summed E-state index contributed by atoms with van der Waals surface area (Å²) in [4.78, 5) is 11.6. The normalized spacial score (nSPS) is 11.9. The number of ketones is 1. The van der Waals surface area contributed by atoms with Gasteiger partial charge in [0.05, 0.1) is 0 Å². The van der Waals surface area contributed by atoms with Crippen LogP contribution in [0.1, 0.15) is 32.8 Å². The highest BCUT2D eigenvalue weighted by Crippen LogP contribution is 2.15. The summed E-state index contributed by atoms with van der Waals surface area (Å²) in [7, 11) is 0. The minimum Gasteiger partial charge on any atom is -0.294 e. The van der Waals surface area contributed by atoms with Crippen molar-refractivity contribution in [1.82, 2.24) is 0 Å². The highest BCUT2D eigenvalue weighted by atomic mass is 16.1. The summed E-state index contributed by atoms with van der Waals surface area (Å²) in [6, 6.07) is 10.3. The van der Waals surface area contributed by atoms with Crippen LogP contribution in [0.3, 0.4) is 0 Å². The van der Waals surface area contributed by atoms with Gasteiger partial charge in [-0.25, -0.2) is 0 Å². The second kappa shape index (κ2) is 5.64. The lowest BCUT2D eigenvalue weighted by molar-refractivity contribution is -0.121. The lowest BCUT2D eigenvalue weighted by Gasteiger charge is -2.12. The zero-order valence-corrected chi connectivity index (χ0v) is 10.4. The molecular weight excluding hydrogens is 196 g/mol. The van der Waals surface area contributed by atoms with Crippen molar-refractivity contribution in [3.05, 3.63) is 48.0 Å². The Morgan fingerprint density at radius 3 is 2.38 bits per heavy atom. The molecule has 1 aromatic carbocycles. The molecule has 0 bridgehead atoms. The van der Waals surface area contributed by atoms with Gasteiger partial charge in [0.2, 0.25) is 0 Å². The van der Waals surface area contributed by atoms with Crippen molar-refractivity contribution in [2.75, 3.05) is 0 Å². The molecule has 0 atom stereocenters. The zero-order valence-electron chi connectivity index (χ0n) is 10.4. The summed E-state index contributed by atoms with van der Waals surface area (Å²) in [6.07, 6.45) is 5.60. The van der Waals surface area contributed by atoms with Crippen molar-refractivity contribution >= 4 is 5.78 Å². The molecule has 0 aliphatic rings. The van der Waals surface area contributed by atoms with Crippen molar-refractivity contribution in [1.29, 1.82) is 0 Å². The minimum absolute atomic E-state index is 0.195. The van der Waals surface area contributed by atoms with Crippen molar-refractivity contribution in [2.45, 2.75) is 33.6 Å². The van der Waals surface area contributed by atoms with Crippen LogP contribution in [0.2, 0.25) is 0 Å². The monoisotopic (exact) mass is 216 g/mol. The van der Waals surface area contributed by atoms with Gasteiger partial charge in [-0.15, -0.1) is 0 Å². The average molecular weight is 216 g/mol. The van der Waals surface area contributed by atoms with E-state index in [0.29, 0.717) is 0 Å². The second-order valence-corrected chi connectivity index (χ2v) is 5.04. The fourth-order valence-electron chi connectivity index (χ4n) is 1.34. The SMILES string of the molecule is CC(C)(C)C(=O)C=CCCc1ccccc1. The topological polar surface area (TPSA) is 17.1 Å². The molecule has 0 spiro atoms. The van der Waals surface area contributed by atoms with E-state index in [9.17, 15) is 4.79 Å². The Morgan fingerprint density at radius 1 is 1.19 bits per heavy atom. The number of carbonyl (C=O) groups excluding carboxylic acids is 1. The highest BCUT2D eigenvalue weighted by Gasteiger charge is 2.17. The fourth-order valence-corrected chi connectivity index (χ4v) is 1.34. The van der Waals surface area contributed by atoms with Gasteiger partial charge in [0, 0.05) is 5.41 Å². The molecule has 1 aromatic rings. The fraction of sp³-hybridized carbons (Fsp3) is 0.400. The maximum absolute atomic E-state index is 11.6. The molecule has 1 nitrogen and oxygen atoms in total. The van der Waals surface area contributed by atoms with Crippen LogP contribution in [0.25, 0.3) is 0 Å². The standard InChI is InChI=1S/C15H20O/c1-15(2,3)14(16)12-8-7-11-13-9-5-4-6-10-13/h4-6,8-10,12H,7,11H2,1-3H3. The number of carbonyl (C=O) groups is 1. The largest absolute Gasteiger partial charge is 0.294 e. The first-order chi connectivity index (χ1) is 7.50. The van der Waals surface area contributed by atoms with Crippen molar-refractivity contribution in [2.24, 2.45) is 5.41 Å². The van der Waals surface area contributed by atoms with E-state index < -0.39 is 0 Å². The van der Waals surface area contributed by atoms with E-state index in [1.807, 2.05) is 45.0 Å². The molecule has 0 amide bonds. The number of hydrogen-bond acceptors (Lipinski definition) is 1. The van der Waals surface area contributed by atoms with Crippen LogP contribution in [0.5, 0.6) is 0 Å². The second-order valence-electron chi connectivity index (χ2n) is 5.04. The Balaban J connectivity index is 2.37. The minimum atomic E-state index is -0.261. The van der Waals surface area contributed by atoms with E-state index in [1.165, 1.54) is 5.56 Å². The Bertz CT molecular complexity index is 355. The average Bonchev–Trinajstić information content (AvgIpc) is 2.24. The van der Waals surface area contributed by atoms with E-state index in [0.717, 1.165) is 12.8 Å². The lowest BCUT2D eigenvalue weighted by atomic mass is 9.90. The third-order valence-electron chi connectivity index (χ3n) is 2.45. The molecule has 0 N–H and O–H groups in total. The van der Waals surface area contributed by atoms with E-state index in [-0.39, 0.29) is 11.2 Å². The van der Waals surface area contributed by atoms with Gasteiger partial charge in [0.1, 0.15) is 0 Å². The number of allylic oxidation sites excluding steroid dienone is 2. The molecule has 0 fully saturated rings. The number of aryl methyl sites for hydroxylation is 1. The van der Waals surface area contributed by atoms with Gasteiger partial charge < -0.3 is 0 Å². The molecule has 1 heteroatoms. The molecular formula is C15H20O. The van der Waals surface area contributed by atoms with E-state index in [2.05, 4.69) is 12.1 Å². The number of benzene rings is 1. The number of hydrogen-bond donors (Lipinski definition) is 0. The molecule has 1 rings (SSSR count). The Hall–Kier alpha value is -1.37. The van der Waals surface area contributed by atoms with Crippen molar-refractivity contribution in [3.63, 3.8) is 0 Å². The lowest BCUT2D eigenvalue weighted by Crippen LogP contribution is -2.17. The Kier molecular flexibility index (Phi) is 4.48. The first kappa shape index (κ1) is 12.7. The number of rotatable bonds is 4. The quantitative estimate of drug-likeness (QED) is 0.700. The van der Waals surface area contributed by atoms with Gasteiger partial charge in [-0.2, -0.15) is 0 Å². The summed E-state index contributed by atoms with van der Waals surface area (Å²) in [5, 5.41) is 0. The molecule has 0 aromatic heterocycles. The van der Waals surface area contributed by atoms with Gasteiger partial charge >= 0.3 is 0 Å². The first-order valence-electron chi connectivity index (χ1n) is 5.75. The van der Waals surface area contributed by atoms with Crippen LogP contribution < -0.4 is 0 Å². The van der Waals surface area contributed by atoms with Gasteiger partial charge in [-0.1, -0.05) is 57.2 Å². The van der Waals surface area contributed by atoms with E-state index >= 15 is 0 Å². The summed E-state index contributed by atoms with van der Waals surface area (Å²) in [6.45, 7) is 5.82. The van der Waals surface area contributed by atoms with Crippen LogP contribution in [0, 0.1) is 5.41 Å². The summed E-state index contributed by atoms with van der Waals surface area (Å²) < 4.78 is 0. The highest BCUT2D eigenvalue weighted by molar-refractivity contribution is 5.93. The predicted octanol–water partition coefficient (Wildman–Crippen LogP) is 3.79. The van der Waals surface area contributed by atoms with E-state index in [4.69, 9.17) is 0 Å². The Labute approximate surface area is 98.2 Å². The third-order valence-corrected chi connectivity index (χ3v) is 2.45. The summed E-state index contributed by atoms with van der Waals surface area (Å²) in [5.41, 5.74) is 1.05. The zero-order chi connectivity index (χ0) is 12.0. The molecule has 0 unspecified atom stereocenters. The smallest absolute Gasteiger partial charge is 0.160 e. The Morgan fingerprint density at radius 2 is 1.81 bits per heavy atom. The predicted molar refractivity (Wildman–Crippen MR) is 68.4 cm³/mol. The molecule has 0 radical (unpaired) electrons. The summed E-state index contributed by atoms with van der Waals surface area (Å²) in [5.74, 6) is 0.195. The van der Waals surface area contributed by atoms with Crippen LogP contribution >= 0.6 is 0 Å². The van der Waals surface area contributed by atoms with Gasteiger partial charge in [0.15, 0.2) is 5.78 Å². The van der Waals surface area contributed by atoms with Crippen molar-refractivity contribution in [3.8, 4) is 0 Å². The van der Waals surface area contributed by atoms with Crippen molar-refractivity contribution < 1.29 is 4.79 Å². The third kappa shape index (κ3) is 4.43. The van der Waals surface area contributed by atoms with Gasteiger partial charge in [-0.05, 0) is 24.5 Å². The molecule has 0 saturated carbocycles. The maximum Gasteiger partial charge on any atom is 0.160 e. The van der Waals surface area contributed by atoms with Crippen LogP contribution in [0.15, 0.2) is 42.5 Å².